The second-order valence-corrected chi connectivity index (χ2v) is 4.79. The third-order valence-corrected chi connectivity index (χ3v) is 2.89. The van der Waals surface area contributed by atoms with Crippen molar-refractivity contribution in [2.24, 2.45) is 7.05 Å². The second-order valence-electron chi connectivity index (χ2n) is 4.38. The fourth-order valence-electron chi connectivity index (χ4n) is 1.60. The van der Waals surface area contributed by atoms with Crippen LogP contribution in [0.2, 0.25) is 0 Å². The molecule has 1 heterocycles. The number of hydrogen-bond acceptors (Lipinski definition) is 6. The number of aromatic nitrogens is 3. The lowest BCUT2D eigenvalue weighted by atomic mass is 10.2. The van der Waals surface area contributed by atoms with E-state index in [2.05, 4.69) is 31.2 Å². The molecule has 0 spiro atoms. The van der Waals surface area contributed by atoms with Gasteiger partial charge in [-0.1, -0.05) is 5.21 Å². The van der Waals surface area contributed by atoms with Gasteiger partial charge in [-0.15, -0.1) is 5.10 Å². The molecular weight excluding hydrogens is 320 g/mol. The number of amides is 1. The van der Waals surface area contributed by atoms with Gasteiger partial charge in [-0.25, -0.2) is 4.79 Å². The van der Waals surface area contributed by atoms with E-state index in [1.165, 1.54) is 18.0 Å². The van der Waals surface area contributed by atoms with Gasteiger partial charge in [0.2, 0.25) is 0 Å². The number of nitrogens with zero attached hydrogens (tertiary/aromatic N) is 3. The number of carbonyl (C=O) groups is 2. The minimum atomic E-state index is -0.469. The number of nitrogens with one attached hydrogen (secondary N) is 3. The van der Waals surface area contributed by atoms with E-state index in [-0.39, 0.29) is 10.8 Å². The topological polar surface area (TPSA) is 110 Å². The normalized spacial score (nSPS) is 9.83. The Labute approximate surface area is 137 Å². The molecule has 1 aromatic heterocycles. The van der Waals surface area contributed by atoms with Crippen molar-refractivity contribution in [3.8, 4) is 0 Å². The molecule has 0 atom stereocenters. The van der Waals surface area contributed by atoms with Crippen LogP contribution >= 0.6 is 12.2 Å². The number of rotatable bonds is 3. The molecule has 1 aromatic carbocycles. The van der Waals surface area contributed by atoms with Crippen LogP contribution in [-0.4, -0.2) is 39.1 Å². The van der Waals surface area contributed by atoms with Gasteiger partial charge in [-0.05, 0) is 36.5 Å². The highest BCUT2D eigenvalue weighted by atomic mass is 32.1. The van der Waals surface area contributed by atoms with E-state index in [1.807, 2.05) is 0 Å². The van der Waals surface area contributed by atoms with Gasteiger partial charge >= 0.3 is 5.97 Å². The van der Waals surface area contributed by atoms with Crippen molar-refractivity contribution in [1.82, 2.24) is 25.8 Å². The Hall–Kier alpha value is -3.01. The number of ether oxygens (including phenoxy) is 1. The molecule has 0 fully saturated rings. The molecule has 2 aromatic rings. The van der Waals surface area contributed by atoms with E-state index in [9.17, 15) is 9.59 Å². The maximum atomic E-state index is 11.7. The molecule has 10 heteroatoms. The zero-order chi connectivity index (χ0) is 16.8. The van der Waals surface area contributed by atoms with Crippen molar-refractivity contribution in [3.05, 3.63) is 41.7 Å². The van der Waals surface area contributed by atoms with Crippen LogP contribution in [0.3, 0.4) is 0 Å². The highest BCUT2D eigenvalue weighted by Gasteiger charge is 2.10. The van der Waals surface area contributed by atoms with Crippen molar-refractivity contribution in [2.45, 2.75) is 0 Å². The molecule has 120 valence electrons. The zero-order valence-corrected chi connectivity index (χ0v) is 13.2. The monoisotopic (exact) mass is 334 g/mol. The van der Waals surface area contributed by atoms with Gasteiger partial charge in [-0.3, -0.25) is 20.3 Å². The number of benzene rings is 1. The molecular formula is C13H14N6O3S. The molecule has 0 radical (unpaired) electrons. The van der Waals surface area contributed by atoms with E-state index in [4.69, 9.17) is 12.2 Å². The molecule has 1 amide bonds. The second kappa shape index (κ2) is 7.31. The summed E-state index contributed by atoms with van der Waals surface area (Å²) in [5.74, 6) is -0.892. The van der Waals surface area contributed by atoms with Gasteiger partial charge in [0.25, 0.3) is 5.91 Å². The zero-order valence-electron chi connectivity index (χ0n) is 12.4. The van der Waals surface area contributed by atoms with Gasteiger partial charge in [0.15, 0.2) is 10.8 Å². The molecule has 0 aliphatic heterocycles. The fourth-order valence-corrected chi connectivity index (χ4v) is 1.77. The van der Waals surface area contributed by atoms with Crippen LogP contribution in [-0.2, 0) is 11.8 Å². The first-order valence-corrected chi connectivity index (χ1v) is 6.82. The summed E-state index contributed by atoms with van der Waals surface area (Å²) in [5.41, 5.74) is 6.15. The third-order valence-electron chi connectivity index (χ3n) is 2.69. The lowest BCUT2D eigenvalue weighted by molar-refractivity contribution is 0.0600. The first-order chi connectivity index (χ1) is 11.0. The van der Waals surface area contributed by atoms with E-state index >= 15 is 0 Å². The number of methoxy groups -OCH3 is 1. The van der Waals surface area contributed by atoms with E-state index in [1.54, 1.807) is 31.3 Å². The number of hydrazine groups is 1. The maximum absolute atomic E-state index is 11.7. The van der Waals surface area contributed by atoms with Crippen molar-refractivity contribution in [2.75, 3.05) is 12.4 Å². The van der Waals surface area contributed by atoms with Crippen LogP contribution in [0.5, 0.6) is 0 Å². The molecule has 3 N–H and O–H groups in total. The summed E-state index contributed by atoms with van der Waals surface area (Å²) >= 11 is 5.05. The minimum Gasteiger partial charge on any atom is -0.465 e. The molecule has 9 nitrogen and oxygen atoms in total. The Kier molecular flexibility index (Phi) is 5.20. The molecule has 0 bridgehead atoms. The van der Waals surface area contributed by atoms with E-state index in [0.29, 0.717) is 11.3 Å². The number of anilines is 1. The molecule has 23 heavy (non-hydrogen) atoms. The highest BCUT2D eigenvalue weighted by Crippen LogP contribution is 2.10. The summed E-state index contributed by atoms with van der Waals surface area (Å²) in [5, 5.41) is 10.3. The summed E-state index contributed by atoms with van der Waals surface area (Å²) in [6.45, 7) is 0. The quantitative estimate of drug-likeness (QED) is 0.416. The van der Waals surface area contributed by atoms with Crippen LogP contribution in [0, 0.1) is 0 Å². The molecule has 0 saturated carbocycles. The predicted molar refractivity (Wildman–Crippen MR) is 85.6 cm³/mol. The standard InChI is InChI=1S/C13H14N6O3S/c1-19-7-10(15-18-19)11(20)16-17-13(23)14-9-5-3-8(4-6-9)12(21)22-2/h3-7H,1-2H3,(H,16,20)(H2,14,17,23). The Morgan fingerprint density at radius 2 is 1.91 bits per heavy atom. The fraction of sp³-hybridized carbons (Fsp3) is 0.154. The Bertz CT molecular complexity index is 728. The number of esters is 1. The average molecular weight is 334 g/mol. The van der Waals surface area contributed by atoms with E-state index in [0.717, 1.165) is 0 Å². The smallest absolute Gasteiger partial charge is 0.337 e. The highest BCUT2D eigenvalue weighted by molar-refractivity contribution is 7.80. The van der Waals surface area contributed by atoms with Crippen molar-refractivity contribution < 1.29 is 14.3 Å². The molecule has 0 unspecified atom stereocenters. The van der Waals surface area contributed by atoms with Crippen LogP contribution in [0.1, 0.15) is 20.8 Å². The van der Waals surface area contributed by atoms with Crippen LogP contribution in [0.15, 0.2) is 30.5 Å². The van der Waals surface area contributed by atoms with Gasteiger partial charge in [0.05, 0.1) is 18.9 Å². The average Bonchev–Trinajstić information content (AvgIpc) is 2.99. The molecule has 0 aliphatic rings. The molecule has 2 rings (SSSR count). The summed E-state index contributed by atoms with van der Waals surface area (Å²) in [6.07, 6.45) is 1.47. The van der Waals surface area contributed by atoms with Crippen LogP contribution in [0.4, 0.5) is 5.69 Å². The summed E-state index contributed by atoms with van der Waals surface area (Å²) in [6, 6.07) is 6.50. The number of carbonyl (C=O) groups excluding carboxylic acids is 2. The van der Waals surface area contributed by atoms with Crippen molar-refractivity contribution >= 4 is 34.9 Å². The van der Waals surface area contributed by atoms with E-state index < -0.39 is 11.9 Å². The third kappa shape index (κ3) is 4.48. The molecule has 0 aliphatic carbocycles. The summed E-state index contributed by atoms with van der Waals surface area (Å²) in [7, 11) is 2.97. The SMILES string of the molecule is COC(=O)c1ccc(NC(=S)NNC(=O)c2cn(C)nn2)cc1. The maximum Gasteiger partial charge on any atom is 0.337 e. The van der Waals surface area contributed by atoms with Crippen LogP contribution in [0.25, 0.3) is 0 Å². The first-order valence-electron chi connectivity index (χ1n) is 6.41. The number of aryl methyl sites for hydroxylation is 1. The Balaban J connectivity index is 1.85. The summed E-state index contributed by atoms with van der Waals surface area (Å²) < 4.78 is 6.02. The Morgan fingerprint density at radius 1 is 1.22 bits per heavy atom. The summed E-state index contributed by atoms with van der Waals surface area (Å²) in [4.78, 5) is 23.1. The lowest BCUT2D eigenvalue weighted by Crippen LogP contribution is -2.43. The van der Waals surface area contributed by atoms with Gasteiger partial charge < -0.3 is 10.1 Å². The molecule has 0 saturated heterocycles. The van der Waals surface area contributed by atoms with Gasteiger partial charge in [-0.2, -0.15) is 0 Å². The van der Waals surface area contributed by atoms with Crippen LogP contribution < -0.4 is 16.2 Å². The van der Waals surface area contributed by atoms with Gasteiger partial charge in [0.1, 0.15) is 0 Å². The lowest BCUT2D eigenvalue weighted by Gasteiger charge is -2.11. The number of hydrogen-bond donors (Lipinski definition) is 3. The largest absolute Gasteiger partial charge is 0.465 e. The predicted octanol–water partition coefficient (Wildman–Crippen LogP) is 0.233. The van der Waals surface area contributed by atoms with Crippen molar-refractivity contribution in [3.63, 3.8) is 0 Å². The first kappa shape index (κ1) is 16.4. The van der Waals surface area contributed by atoms with Gasteiger partial charge in [0, 0.05) is 12.7 Å². The Morgan fingerprint density at radius 3 is 2.48 bits per heavy atom. The number of thiocarbonyl (C=S) groups is 1. The van der Waals surface area contributed by atoms with Crippen molar-refractivity contribution in [1.29, 1.82) is 0 Å². The minimum absolute atomic E-state index is 0.158.